The van der Waals surface area contributed by atoms with Crippen LogP contribution in [-0.4, -0.2) is 62.0 Å². The Labute approximate surface area is 92.6 Å². The zero-order valence-electron chi connectivity index (χ0n) is 10.1. The molecular formula is C11H23N3O. The molecule has 0 spiro atoms. The lowest BCUT2D eigenvalue weighted by atomic mass is 10.2. The van der Waals surface area contributed by atoms with E-state index in [2.05, 4.69) is 29.2 Å². The largest absolute Gasteiger partial charge is 0.354 e. The molecule has 0 saturated carbocycles. The van der Waals surface area contributed by atoms with Crippen LogP contribution in [0.2, 0.25) is 0 Å². The van der Waals surface area contributed by atoms with Gasteiger partial charge in [0.05, 0.1) is 0 Å². The molecule has 0 radical (unpaired) electrons. The molecule has 4 nitrogen and oxygen atoms in total. The minimum absolute atomic E-state index is 0.180. The normalized spacial score (nSPS) is 24.1. The second-order valence-corrected chi connectivity index (χ2v) is 4.45. The molecule has 1 unspecified atom stereocenters. The van der Waals surface area contributed by atoms with Gasteiger partial charge in [0.2, 0.25) is 5.91 Å². The number of piperazine rings is 1. The molecule has 0 aliphatic carbocycles. The van der Waals surface area contributed by atoms with Gasteiger partial charge in [-0.05, 0) is 20.5 Å². The Kier molecular flexibility index (Phi) is 5.05. The minimum atomic E-state index is 0.180. The third kappa shape index (κ3) is 4.18. The van der Waals surface area contributed by atoms with Crippen LogP contribution in [0.1, 0.15) is 19.8 Å². The number of nitrogens with one attached hydrogen (secondary N) is 1. The Hall–Kier alpha value is -0.610. The van der Waals surface area contributed by atoms with Gasteiger partial charge < -0.3 is 10.2 Å². The van der Waals surface area contributed by atoms with Gasteiger partial charge in [0.1, 0.15) is 0 Å². The third-order valence-electron chi connectivity index (χ3n) is 2.99. The summed E-state index contributed by atoms with van der Waals surface area (Å²) in [6.07, 6.45) is 1.57. The lowest BCUT2D eigenvalue weighted by Gasteiger charge is -2.37. The number of nitrogens with zero attached hydrogens (tertiary/aromatic N) is 2. The molecule has 1 amide bonds. The van der Waals surface area contributed by atoms with Gasteiger partial charge in [-0.1, -0.05) is 6.92 Å². The number of carbonyl (C=O) groups is 1. The van der Waals surface area contributed by atoms with Crippen LogP contribution in [0.3, 0.4) is 0 Å². The summed E-state index contributed by atoms with van der Waals surface area (Å²) in [5, 5.41) is 3.00. The van der Waals surface area contributed by atoms with Crippen LogP contribution < -0.4 is 5.32 Å². The van der Waals surface area contributed by atoms with E-state index in [1.54, 1.807) is 0 Å². The van der Waals surface area contributed by atoms with Crippen molar-refractivity contribution in [2.45, 2.75) is 25.8 Å². The van der Waals surface area contributed by atoms with E-state index >= 15 is 0 Å². The number of carbonyl (C=O) groups excluding carboxylic acids is 1. The summed E-state index contributed by atoms with van der Waals surface area (Å²) in [6.45, 7) is 6.06. The van der Waals surface area contributed by atoms with Crippen LogP contribution in [0, 0.1) is 0 Å². The highest BCUT2D eigenvalue weighted by atomic mass is 16.1. The van der Waals surface area contributed by atoms with Gasteiger partial charge in [-0.3, -0.25) is 9.69 Å². The monoisotopic (exact) mass is 213 g/mol. The summed E-state index contributed by atoms with van der Waals surface area (Å²) in [6, 6.07) is 0.463. The van der Waals surface area contributed by atoms with Gasteiger partial charge in [-0.25, -0.2) is 0 Å². The van der Waals surface area contributed by atoms with Crippen molar-refractivity contribution in [3.05, 3.63) is 0 Å². The van der Waals surface area contributed by atoms with Gasteiger partial charge in [-0.2, -0.15) is 0 Å². The molecule has 1 atom stereocenters. The molecule has 1 rings (SSSR count). The van der Waals surface area contributed by atoms with Crippen molar-refractivity contribution in [2.75, 3.05) is 40.3 Å². The Morgan fingerprint density at radius 1 is 1.40 bits per heavy atom. The van der Waals surface area contributed by atoms with Gasteiger partial charge in [-0.15, -0.1) is 0 Å². The maximum Gasteiger partial charge on any atom is 0.220 e. The first-order valence-corrected chi connectivity index (χ1v) is 5.79. The van der Waals surface area contributed by atoms with Gasteiger partial charge in [0.25, 0.3) is 0 Å². The van der Waals surface area contributed by atoms with E-state index in [0.29, 0.717) is 12.5 Å². The Morgan fingerprint density at radius 2 is 2.13 bits per heavy atom. The average Bonchev–Trinajstić information content (AvgIpc) is 2.20. The number of likely N-dealkylation sites (N-methyl/N-ethyl adjacent to an activating group) is 2. The van der Waals surface area contributed by atoms with E-state index < -0.39 is 0 Å². The Balaban J connectivity index is 2.27. The van der Waals surface area contributed by atoms with Gasteiger partial charge in [0, 0.05) is 38.6 Å². The van der Waals surface area contributed by atoms with E-state index in [0.717, 1.165) is 32.6 Å². The maximum absolute atomic E-state index is 11.3. The van der Waals surface area contributed by atoms with Crippen molar-refractivity contribution in [1.82, 2.24) is 15.1 Å². The highest BCUT2D eigenvalue weighted by molar-refractivity contribution is 5.75. The van der Waals surface area contributed by atoms with E-state index in [4.69, 9.17) is 0 Å². The van der Waals surface area contributed by atoms with Crippen molar-refractivity contribution < 1.29 is 4.79 Å². The first kappa shape index (κ1) is 12.5. The Morgan fingerprint density at radius 3 is 2.80 bits per heavy atom. The second kappa shape index (κ2) is 6.08. The van der Waals surface area contributed by atoms with Crippen LogP contribution in [0.4, 0.5) is 0 Å². The molecule has 1 heterocycles. The fraction of sp³-hybridized carbons (Fsp3) is 0.909. The fourth-order valence-electron chi connectivity index (χ4n) is 1.87. The predicted molar refractivity (Wildman–Crippen MR) is 61.8 cm³/mol. The van der Waals surface area contributed by atoms with Crippen LogP contribution >= 0.6 is 0 Å². The number of rotatable bonds is 4. The van der Waals surface area contributed by atoms with Crippen molar-refractivity contribution in [3.63, 3.8) is 0 Å². The van der Waals surface area contributed by atoms with E-state index in [1.165, 1.54) is 0 Å². The molecule has 1 aliphatic rings. The minimum Gasteiger partial charge on any atom is -0.354 e. The van der Waals surface area contributed by atoms with E-state index in [1.807, 2.05) is 6.92 Å². The summed E-state index contributed by atoms with van der Waals surface area (Å²) >= 11 is 0. The smallest absolute Gasteiger partial charge is 0.220 e. The SMILES string of the molecule is CCCC(=O)NCC1CN(C)CCN1C. The van der Waals surface area contributed by atoms with E-state index in [9.17, 15) is 4.79 Å². The number of amides is 1. The first-order valence-electron chi connectivity index (χ1n) is 5.79. The zero-order chi connectivity index (χ0) is 11.3. The van der Waals surface area contributed by atoms with Crippen molar-refractivity contribution in [3.8, 4) is 0 Å². The molecule has 0 bridgehead atoms. The first-order chi connectivity index (χ1) is 7.13. The molecule has 0 aromatic rings. The highest BCUT2D eigenvalue weighted by Gasteiger charge is 2.21. The molecule has 1 aliphatic heterocycles. The summed E-state index contributed by atoms with van der Waals surface area (Å²) in [5.74, 6) is 0.180. The number of hydrogen-bond donors (Lipinski definition) is 1. The summed E-state index contributed by atoms with van der Waals surface area (Å²) in [7, 11) is 4.26. The number of hydrogen-bond acceptors (Lipinski definition) is 3. The second-order valence-electron chi connectivity index (χ2n) is 4.45. The Bertz CT molecular complexity index is 208. The quantitative estimate of drug-likeness (QED) is 0.722. The molecule has 0 aromatic heterocycles. The zero-order valence-corrected chi connectivity index (χ0v) is 10.1. The van der Waals surface area contributed by atoms with Crippen LogP contribution in [0.15, 0.2) is 0 Å². The molecule has 1 saturated heterocycles. The average molecular weight is 213 g/mol. The van der Waals surface area contributed by atoms with Crippen molar-refractivity contribution in [2.24, 2.45) is 0 Å². The third-order valence-corrected chi connectivity index (χ3v) is 2.99. The summed E-state index contributed by atoms with van der Waals surface area (Å²) < 4.78 is 0. The molecule has 1 fully saturated rings. The van der Waals surface area contributed by atoms with E-state index in [-0.39, 0.29) is 5.91 Å². The van der Waals surface area contributed by atoms with Gasteiger partial charge >= 0.3 is 0 Å². The summed E-state index contributed by atoms with van der Waals surface area (Å²) in [5.41, 5.74) is 0. The topological polar surface area (TPSA) is 35.6 Å². The highest BCUT2D eigenvalue weighted by Crippen LogP contribution is 2.04. The van der Waals surface area contributed by atoms with Gasteiger partial charge in [0.15, 0.2) is 0 Å². The standard InChI is InChI=1S/C11H23N3O/c1-4-5-11(15)12-8-10-9-13(2)6-7-14(10)3/h10H,4-9H2,1-3H3,(H,12,15). The predicted octanol–water partition coefficient (Wildman–Crippen LogP) is 0.149. The lowest BCUT2D eigenvalue weighted by Crippen LogP contribution is -2.54. The van der Waals surface area contributed by atoms with Crippen LogP contribution in [0.25, 0.3) is 0 Å². The van der Waals surface area contributed by atoms with Crippen molar-refractivity contribution >= 4 is 5.91 Å². The summed E-state index contributed by atoms with van der Waals surface area (Å²) in [4.78, 5) is 16.0. The van der Waals surface area contributed by atoms with Crippen LogP contribution in [-0.2, 0) is 4.79 Å². The molecule has 15 heavy (non-hydrogen) atoms. The maximum atomic E-state index is 11.3. The molecule has 4 heteroatoms. The molecule has 0 aromatic carbocycles. The fourth-order valence-corrected chi connectivity index (χ4v) is 1.87. The molecule has 1 N–H and O–H groups in total. The van der Waals surface area contributed by atoms with Crippen molar-refractivity contribution in [1.29, 1.82) is 0 Å². The molecule has 88 valence electrons. The van der Waals surface area contributed by atoms with Crippen LogP contribution in [0.5, 0.6) is 0 Å². The molecular weight excluding hydrogens is 190 g/mol. The lowest BCUT2D eigenvalue weighted by molar-refractivity contribution is -0.121.